The summed E-state index contributed by atoms with van der Waals surface area (Å²) >= 11 is 0. The molecule has 308 valence electrons. The number of carbonyl (C=O) groups is 2. The van der Waals surface area contributed by atoms with E-state index < -0.39 is 33.5 Å². The molecule has 1 aliphatic carbocycles. The lowest BCUT2D eigenvalue weighted by Crippen LogP contribution is -2.28. The Labute approximate surface area is 331 Å². The largest absolute Gasteiger partial charge is 0.507 e. The van der Waals surface area contributed by atoms with Crippen LogP contribution in [0.25, 0.3) is 16.9 Å². The summed E-state index contributed by atoms with van der Waals surface area (Å²) in [6, 6.07) is 18.8. The van der Waals surface area contributed by atoms with E-state index in [2.05, 4.69) is 26.4 Å². The summed E-state index contributed by atoms with van der Waals surface area (Å²) in [5.41, 5.74) is 1.67. The van der Waals surface area contributed by atoms with Crippen LogP contribution in [0.2, 0.25) is 0 Å². The van der Waals surface area contributed by atoms with Gasteiger partial charge in [-0.2, -0.15) is 18.3 Å². The van der Waals surface area contributed by atoms with Crippen molar-refractivity contribution in [3.8, 4) is 28.4 Å². The predicted molar refractivity (Wildman–Crippen MR) is 210 cm³/mol. The lowest BCUT2D eigenvalue weighted by Gasteiger charge is -2.25. The first-order chi connectivity index (χ1) is 27.6. The van der Waals surface area contributed by atoms with E-state index in [0.29, 0.717) is 56.2 Å². The molecule has 1 heterocycles. The summed E-state index contributed by atoms with van der Waals surface area (Å²) in [6.07, 6.45) is -4.61. The highest BCUT2D eigenvalue weighted by molar-refractivity contribution is 7.89. The van der Waals surface area contributed by atoms with Gasteiger partial charge in [-0.25, -0.2) is 18.2 Å². The van der Waals surface area contributed by atoms with E-state index >= 15 is 0 Å². The molecule has 4 aromatic carbocycles. The quantitative estimate of drug-likeness (QED) is 0.0534. The standard InChI is InChI=1S/C22H28N4O6.C17H14F3N3O2S/c27-11-9-23-5-7-25-13-1-2-14(26-8-6-24-10-12-28)18-17(13)21(31)19-15(29)3-4-16(30)20(19)22(18)32;1-11-2-4-12(5-3-11)15-10-16(17(18,19)20)22-23(15)13-6-8-14(9-7-13)26(21,24)25/h1-4,23-30H,5-12H2;2-10H,1H3,(H2,21,24,25). The molecule has 5 aromatic rings. The minimum atomic E-state index is -4.61. The smallest absolute Gasteiger partial charge is 0.435 e. The number of carbonyl (C=O) groups excluding carboxylic acids is 2. The number of hydrogen-bond acceptors (Lipinski definition) is 13. The molecule has 58 heavy (non-hydrogen) atoms. The number of nitrogens with zero attached hydrogens (tertiary/aromatic N) is 2. The second-order valence-corrected chi connectivity index (χ2v) is 14.5. The number of hydrogen-bond donors (Lipinski definition) is 9. The van der Waals surface area contributed by atoms with Gasteiger partial charge in [0.25, 0.3) is 0 Å². The van der Waals surface area contributed by atoms with Crippen molar-refractivity contribution in [1.82, 2.24) is 20.4 Å². The minimum Gasteiger partial charge on any atom is -0.507 e. The zero-order chi connectivity index (χ0) is 42.2. The molecule has 0 saturated heterocycles. The van der Waals surface area contributed by atoms with Gasteiger partial charge in [0.1, 0.15) is 11.5 Å². The summed E-state index contributed by atoms with van der Waals surface area (Å²) < 4.78 is 63.2. The number of anilines is 2. The number of rotatable bonds is 15. The van der Waals surface area contributed by atoms with Crippen molar-refractivity contribution in [1.29, 1.82) is 0 Å². The van der Waals surface area contributed by atoms with Gasteiger partial charge in [-0.1, -0.05) is 29.8 Å². The van der Waals surface area contributed by atoms with Gasteiger partial charge in [0, 0.05) is 56.2 Å². The molecule has 19 heteroatoms. The van der Waals surface area contributed by atoms with Gasteiger partial charge >= 0.3 is 6.18 Å². The third-order valence-corrected chi connectivity index (χ3v) is 9.77. The van der Waals surface area contributed by atoms with Crippen molar-refractivity contribution in [2.24, 2.45) is 5.14 Å². The number of nitrogens with one attached hydrogen (secondary N) is 4. The maximum Gasteiger partial charge on any atom is 0.435 e. The highest BCUT2D eigenvalue weighted by atomic mass is 32.2. The molecule has 10 N–H and O–H groups in total. The fourth-order valence-corrected chi connectivity index (χ4v) is 6.58. The number of aliphatic hydroxyl groups excluding tert-OH is 2. The molecule has 1 aromatic heterocycles. The number of primary sulfonamides is 1. The molecule has 15 nitrogen and oxygen atoms in total. The summed E-state index contributed by atoms with van der Waals surface area (Å²) in [5.74, 6) is -1.86. The fraction of sp³-hybridized carbons (Fsp3) is 0.256. The minimum absolute atomic E-state index is 0.00939. The molecular formula is C39H42F3N7O8S. The number of ketones is 2. The van der Waals surface area contributed by atoms with Gasteiger partial charge in [-0.15, -0.1) is 0 Å². The van der Waals surface area contributed by atoms with Gasteiger partial charge in [-0.3, -0.25) is 9.59 Å². The fourth-order valence-electron chi connectivity index (χ4n) is 6.06. The Morgan fingerprint density at radius 3 is 1.60 bits per heavy atom. The lowest BCUT2D eigenvalue weighted by atomic mass is 9.81. The molecule has 1 aliphatic rings. The van der Waals surface area contributed by atoms with Crippen LogP contribution in [0.15, 0.2) is 83.8 Å². The Morgan fingerprint density at radius 2 is 1.17 bits per heavy atom. The maximum absolute atomic E-state index is 13.4. The Balaban J connectivity index is 0.000000226. The van der Waals surface area contributed by atoms with E-state index in [0.717, 1.165) is 16.3 Å². The van der Waals surface area contributed by atoms with Crippen LogP contribution in [-0.2, 0) is 16.2 Å². The molecule has 0 fully saturated rings. The number of fused-ring (bicyclic) bond motifs is 2. The zero-order valence-corrected chi connectivity index (χ0v) is 31.9. The van der Waals surface area contributed by atoms with E-state index in [4.69, 9.17) is 15.4 Å². The number of phenolic OH excluding ortho intramolecular Hbond substituents is 2. The number of aromatic nitrogens is 2. The number of halogens is 3. The van der Waals surface area contributed by atoms with Gasteiger partial charge < -0.3 is 41.7 Å². The summed E-state index contributed by atoms with van der Waals surface area (Å²) in [6.45, 7) is 4.68. The Morgan fingerprint density at radius 1 is 0.690 bits per heavy atom. The van der Waals surface area contributed by atoms with Crippen LogP contribution < -0.4 is 26.4 Å². The second kappa shape index (κ2) is 18.6. The molecule has 0 saturated carbocycles. The number of alkyl halides is 3. The molecule has 0 amide bonds. The van der Waals surface area contributed by atoms with Crippen LogP contribution in [0, 0.1) is 6.92 Å². The van der Waals surface area contributed by atoms with Crippen molar-refractivity contribution in [3.63, 3.8) is 0 Å². The first-order valence-corrected chi connectivity index (χ1v) is 19.4. The first kappa shape index (κ1) is 43.3. The topological polar surface area (TPSA) is 241 Å². The first-order valence-electron chi connectivity index (χ1n) is 17.9. The average molecular weight is 826 g/mol. The van der Waals surface area contributed by atoms with Crippen molar-refractivity contribution in [3.05, 3.63) is 112 Å². The molecule has 0 spiro atoms. The molecule has 0 radical (unpaired) electrons. The average Bonchev–Trinajstić information content (AvgIpc) is 3.65. The van der Waals surface area contributed by atoms with Crippen molar-refractivity contribution in [2.45, 2.75) is 18.0 Å². The summed E-state index contributed by atoms with van der Waals surface area (Å²) in [7, 11) is -3.90. The second-order valence-electron chi connectivity index (χ2n) is 13.0. The Kier molecular flexibility index (Phi) is 13.9. The maximum atomic E-state index is 13.4. The number of aliphatic hydroxyl groups is 2. The van der Waals surface area contributed by atoms with Gasteiger partial charge in [-0.05, 0) is 61.5 Å². The van der Waals surface area contributed by atoms with Crippen LogP contribution in [0.4, 0.5) is 24.5 Å². The van der Waals surface area contributed by atoms with E-state index in [1.807, 2.05) is 6.92 Å². The van der Waals surface area contributed by atoms with E-state index in [1.54, 1.807) is 36.4 Å². The number of nitrogens with two attached hydrogens (primary N) is 1. The molecular weight excluding hydrogens is 784 g/mol. The Hall–Kier alpha value is -5.83. The number of sulfonamides is 1. The van der Waals surface area contributed by atoms with Crippen LogP contribution in [-0.4, -0.2) is 103 Å². The van der Waals surface area contributed by atoms with Crippen molar-refractivity contribution in [2.75, 3.05) is 63.1 Å². The predicted octanol–water partition coefficient (Wildman–Crippen LogP) is 3.37. The highest BCUT2D eigenvalue weighted by Gasteiger charge is 2.38. The summed E-state index contributed by atoms with van der Waals surface area (Å²) in [4.78, 5) is 26.6. The third-order valence-electron chi connectivity index (χ3n) is 8.84. The lowest BCUT2D eigenvalue weighted by molar-refractivity contribution is -0.141. The van der Waals surface area contributed by atoms with Gasteiger partial charge in [0.05, 0.1) is 51.7 Å². The van der Waals surface area contributed by atoms with E-state index in [-0.39, 0.29) is 63.2 Å². The van der Waals surface area contributed by atoms with Crippen LogP contribution >= 0.6 is 0 Å². The van der Waals surface area contributed by atoms with Crippen LogP contribution in [0.3, 0.4) is 0 Å². The van der Waals surface area contributed by atoms with E-state index in [1.165, 1.54) is 36.4 Å². The van der Waals surface area contributed by atoms with Gasteiger partial charge in [0.2, 0.25) is 21.6 Å². The normalized spacial score (nSPS) is 12.4. The third kappa shape index (κ3) is 9.99. The van der Waals surface area contributed by atoms with Crippen molar-refractivity contribution < 1.29 is 51.6 Å². The molecule has 0 bridgehead atoms. The Bertz CT molecular complexity index is 2290. The number of phenols is 2. The summed E-state index contributed by atoms with van der Waals surface area (Å²) in [5, 5.41) is 59.3. The molecule has 0 atom stereocenters. The molecule has 0 aliphatic heterocycles. The SMILES string of the molecule is Cc1ccc(-c2cc(C(F)(F)F)nn2-c2ccc(S(N)(=O)=O)cc2)cc1.O=C1c2c(O)ccc(O)c2C(=O)c2c(NCCNCCO)ccc(NCCNCCO)c21. The van der Waals surface area contributed by atoms with Crippen LogP contribution in [0.5, 0.6) is 11.5 Å². The molecule has 0 unspecified atom stereocenters. The van der Waals surface area contributed by atoms with Crippen molar-refractivity contribution >= 4 is 33.0 Å². The molecule has 6 rings (SSSR count). The van der Waals surface area contributed by atoms with Gasteiger partial charge in [0.15, 0.2) is 5.69 Å². The number of aromatic hydroxyl groups is 2. The van der Waals surface area contributed by atoms with Crippen LogP contribution in [0.1, 0.15) is 43.1 Å². The number of aryl methyl sites for hydroxylation is 1. The van der Waals surface area contributed by atoms with E-state index in [9.17, 15) is 41.4 Å². The zero-order valence-electron chi connectivity index (χ0n) is 31.1. The monoisotopic (exact) mass is 825 g/mol. The highest BCUT2D eigenvalue weighted by Crippen LogP contribution is 2.42. The number of benzene rings is 4.